The van der Waals surface area contributed by atoms with Gasteiger partial charge in [-0.1, -0.05) is 0 Å². The van der Waals surface area contributed by atoms with Gasteiger partial charge >= 0.3 is 0 Å². The molecule has 3 heteroatoms. The minimum atomic E-state index is -0.0365. The molecule has 0 aliphatic heterocycles. The molecule has 1 amide bonds. The molecule has 0 heterocycles. The number of ether oxygens (including phenoxy) is 1. The molecule has 0 aromatic heterocycles. The lowest BCUT2D eigenvalue weighted by Crippen LogP contribution is -2.24. The largest absolute Gasteiger partial charge is 0.379 e. The van der Waals surface area contributed by atoms with Crippen LogP contribution >= 0.6 is 0 Å². The molecule has 0 radical (unpaired) electrons. The van der Waals surface area contributed by atoms with E-state index in [0.29, 0.717) is 26.2 Å². The van der Waals surface area contributed by atoms with E-state index in [2.05, 4.69) is 11.2 Å². The first-order valence-corrected chi connectivity index (χ1v) is 3.53. The maximum atomic E-state index is 10.3. The summed E-state index contributed by atoms with van der Waals surface area (Å²) in [5.41, 5.74) is 0. The number of carbonyl (C=O) groups excluding carboxylic acids is 1. The predicted octanol–water partition coefficient (Wildman–Crippen LogP) is 0.162. The lowest BCUT2D eigenvalue weighted by Gasteiger charge is -2.01. The highest BCUT2D eigenvalue weighted by Crippen LogP contribution is 1.78. The number of hydrogen-bond acceptors (Lipinski definition) is 2. The van der Waals surface area contributed by atoms with Crippen molar-refractivity contribution in [3.63, 3.8) is 0 Å². The van der Waals surface area contributed by atoms with Crippen molar-refractivity contribution in [3.8, 4) is 12.3 Å². The summed E-state index contributed by atoms with van der Waals surface area (Å²) in [5.74, 6) is 2.42. The van der Waals surface area contributed by atoms with Crippen LogP contribution in [0.1, 0.15) is 13.3 Å². The number of rotatable bonds is 5. The zero-order chi connectivity index (χ0) is 8.53. The summed E-state index contributed by atoms with van der Waals surface area (Å²) in [6.45, 7) is 3.12. The van der Waals surface area contributed by atoms with E-state index in [1.165, 1.54) is 6.92 Å². The van der Waals surface area contributed by atoms with Crippen molar-refractivity contribution in [1.29, 1.82) is 0 Å². The molecule has 0 atom stereocenters. The highest BCUT2D eigenvalue weighted by molar-refractivity contribution is 5.72. The monoisotopic (exact) mass is 155 g/mol. The average Bonchev–Trinajstić information content (AvgIpc) is 1.96. The summed E-state index contributed by atoms with van der Waals surface area (Å²) in [6.07, 6.45) is 5.62. The quantitative estimate of drug-likeness (QED) is 0.454. The fourth-order valence-corrected chi connectivity index (χ4v) is 0.532. The second-order valence-electron chi connectivity index (χ2n) is 2.05. The molecular weight excluding hydrogens is 142 g/mol. The Hall–Kier alpha value is -1.01. The van der Waals surface area contributed by atoms with Gasteiger partial charge in [-0.3, -0.25) is 4.79 Å². The van der Waals surface area contributed by atoms with Gasteiger partial charge in [0.05, 0.1) is 13.2 Å². The molecule has 0 spiro atoms. The fourth-order valence-electron chi connectivity index (χ4n) is 0.532. The van der Waals surface area contributed by atoms with Crippen LogP contribution in [0.4, 0.5) is 0 Å². The Balaban J connectivity index is 2.92. The lowest BCUT2D eigenvalue weighted by atomic mass is 10.5. The third-order valence-corrected chi connectivity index (χ3v) is 1.01. The van der Waals surface area contributed by atoms with Crippen LogP contribution < -0.4 is 5.32 Å². The van der Waals surface area contributed by atoms with Crippen molar-refractivity contribution in [1.82, 2.24) is 5.32 Å². The fraction of sp³-hybridized carbons (Fsp3) is 0.625. The molecule has 1 N–H and O–H groups in total. The second-order valence-corrected chi connectivity index (χ2v) is 2.05. The average molecular weight is 155 g/mol. The van der Waals surface area contributed by atoms with Gasteiger partial charge in [0.25, 0.3) is 0 Å². The van der Waals surface area contributed by atoms with Crippen molar-refractivity contribution in [3.05, 3.63) is 0 Å². The molecule has 0 fully saturated rings. The number of nitrogens with one attached hydrogen (secondary N) is 1. The Bertz CT molecular complexity index is 149. The Morgan fingerprint density at radius 3 is 2.91 bits per heavy atom. The van der Waals surface area contributed by atoms with Crippen LogP contribution in [0.2, 0.25) is 0 Å². The van der Waals surface area contributed by atoms with E-state index in [1.807, 2.05) is 0 Å². The maximum absolute atomic E-state index is 10.3. The van der Waals surface area contributed by atoms with Crippen LogP contribution in [0.5, 0.6) is 0 Å². The van der Waals surface area contributed by atoms with Crippen LogP contribution in [0.3, 0.4) is 0 Å². The van der Waals surface area contributed by atoms with Gasteiger partial charge in [-0.15, -0.1) is 12.3 Å². The molecule has 0 saturated carbocycles. The Kier molecular flexibility index (Phi) is 6.45. The topological polar surface area (TPSA) is 38.3 Å². The van der Waals surface area contributed by atoms with E-state index in [1.54, 1.807) is 0 Å². The molecule has 3 nitrogen and oxygen atoms in total. The van der Waals surface area contributed by atoms with Crippen molar-refractivity contribution >= 4 is 5.91 Å². The first-order chi connectivity index (χ1) is 5.27. The van der Waals surface area contributed by atoms with Gasteiger partial charge in [-0.05, 0) is 0 Å². The van der Waals surface area contributed by atoms with E-state index in [-0.39, 0.29) is 5.91 Å². The van der Waals surface area contributed by atoms with Crippen LogP contribution in [0.15, 0.2) is 0 Å². The van der Waals surface area contributed by atoms with Crippen molar-refractivity contribution in [2.24, 2.45) is 0 Å². The van der Waals surface area contributed by atoms with Gasteiger partial charge in [0.1, 0.15) is 0 Å². The SMILES string of the molecule is C#CCCOCCNC(C)=O. The first-order valence-electron chi connectivity index (χ1n) is 3.53. The summed E-state index contributed by atoms with van der Waals surface area (Å²) in [4.78, 5) is 10.3. The lowest BCUT2D eigenvalue weighted by molar-refractivity contribution is -0.119. The summed E-state index contributed by atoms with van der Waals surface area (Å²) >= 11 is 0. The van der Waals surface area contributed by atoms with Gasteiger partial charge in [-0.2, -0.15) is 0 Å². The van der Waals surface area contributed by atoms with E-state index in [0.717, 1.165) is 0 Å². The maximum Gasteiger partial charge on any atom is 0.216 e. The third-order valence-electron chi connectivity index (χ3n) is 1.01. The number of terminal acetylenes is 1. The van der Waals surface area contributed by atoms with Crippen molar-refractivity contribution in [2.45, 2.75) is 13.3 Å². The molecule has 0 aromatic rings. The Labute approximate surface area is 67.1 Å². The van der Waals surface area contributed by atoms with Gasteiger partial charge in [0.2, 0.25) is 5.91 Å². The molecule has 0 rings (SSSR count). The van der Waals surface area contributed by atoms with Crippen LogP contribution in [-0.2, 0) is 9.53 Å². The molecule has 0 saturated heterocycles. The molecule has 62 valence electrons. The van der Waals surface area contributed by atoms with Crippen LogP contribution in [-0.4, -0.2) is 25.7 Å². The smallest absolute Gasteiger partial charge is 0.216 e. The van der Waals surface area contributed by atoms with Crippen molar-refractivity contribution in [2.75, 3.05) is 19.8 Å². The molecule has 0 unspecified atom stereocenters. The Morgan fingerprint density at radius 2 is 2.36 bits per heavy atom. The van der Waals surface area contributed by atoms with Gasteiger partial charge in [-0.25, -0.2) is 0 Å². The highest BCUT2D eigenvalue weighted by atomic mass is 16.5. The normalized spacial score (nSPS) is 8.73. The first kappa shape index (κ1) is 9.99. The molecule has 0 aliphatic rings. The minimum Gasteiger partial charge on any atom is -0.379 e. The predicted molar refractivity (Wildman–Crippen MR) is 43.0 cm³/mol. The van der Waals surface area contributed by atoms with Crippen LogP contribution in [0.25, 0.3) is 0 Å². The zero-order valence-electron chi connectivity index (χ0n) is 6.72. The highest BCUT2D eigenvalue weighted by Gasteiger charge is 1.89. The third kappa shape index (κ3) is 8.99. The number of hydrogen-bond donors (Lipinski definition) is 1. The van der Waals surface area contributed by atoms with Crippen molar-refractivity contribution < 1.29 is 9.53 Å². The molecule has 0 aliphatic carbocycles. The van der Waals surface area contributed by atoms with Gasteiger partial charge in [0.15, 0.2) is 0 Å². The molecule has 0 aromatic carbocycles. The standard InChI is InChI=1S/C8H13NO2/c1-3-4-6-11-7-5-9-8(2)10/h1H,4-7H2,2H3,(H,9,10). The van der Waals surface area contributed by atoms with E-state index in [4.69, 9.17) is 11.2 Å². The van der Waals surface area contributed by atoms with Gasteiger partial charge in [0, 0.05) is 19.9 Å². The number of amides is 1. The molecular formula is C8H13NO2. The minimum absolute atomic E-state index is 0.0365. The zero-order valence-corrected chi connectivity index (χ0v) is 6.72. The summed E-state index contributed by atoms with van der Waals surface area (Å²) in [6, 6.07) is 0. The summed E-state index contributed by atoms with van der Waals surface area (Å²) in [7, 11) is 0. The van der Waals surface area contributed by atoms with Gasteiger partial charge < -0.3 is 10.1 Å². The summed E-state index contributed by atoms with van der Waals surface area (Å²) < 4.78 is 5.07. The summed E-state index contributed by atoms with van der Waals surface area (Å²) in [5, 5.41) is 2.61. The second kappa shape index (κ2) is 7.10. The van der Waals surface area contributed by atoms with E-state index in [9.17, 15) is 4.79 Å². The van der Waals surface area contributed by atoms with E-state index >= 15 is 0 Å². The van der Waals surface area contributed by atoms with Crippen LogP contribution in [0, 0.1) is 12.3 Å². The molecule has 11 heavy (non-hydrogen) atoms. The molecule has 0 bridgehead atoms. The number of carbonyl (C=O) groups is 1. The van der Waals surface area contributed by atoms with E-state index < -0.39 is 0 Å². The Morgan fingerprint density at radius 1 is 1.64 bits per heavy atom.